The lowest BCUT2D eigenvalue weighted by atomic mass is 9.53. The van der Waals surface area contributed by atoms with Crippen molar-refractivity contribution in [2.75, 3.05) is 11.4 Å². The van der Waals surface area contributed by atoms with E-state index in [0.29, 0.717) is 30.8 Å². The molecule has 6 fully saturated rings. The molecule has 6 saturated carbocycles. The number of halogens is 3. The van der Waals surface area contributed by atoms with E-state index in [2.05, 4.69) is 22.0 Å². The number of aromatic nitrogens is 2. The van der Waals surface area contributed by atoms with Gasteiger partial charge >= 0.3 is 5.92 Å². The van der Waals surface area contributed by atoms with E-state index in [1.54, 1.807) is 13.8 Å². The first-order chi connectivity index (χ1) is 18.7. The summed E-state index contributed by atoms with van der Waals surface area (Å²) in [4.78, 5) is 20.0. The fourth-order valence-electron chi connectivity index (χ4n) is 7.44. The third-order valence-electron chi connectivity index (χ3n) is 9.84. The molecular weight excluding hydrogens is 519 g/mol. The van der Waals surface area contributed by atoms with E-state index in [-0.39, 0.29) is 35.0 Å². The highest BCUT2D eigenvalue weighted by Gasteiger charge is 2.60. The standard InChI is InChI=1S/C31H36F3N3O3/c1-27(2,39)8-7-20-5-4-6-22(15-20)37(24(38)23-18-31(34)16-21(23)17-31)19-29-9-12-30(13-10-29,14-11-29)25-35-26(40-36-25)28(3,32)33/h4-6,15,21,23,39H,9-14,16-19H2,1-3H3/t21?,23-,29?,30?,31?/m1/s1. The van der Waals surface area contributed by atoms with Crippen molar-refractivity contribution in [2.45, 2.75) is 101 Å². The third kappa shape index (κ3) is 4.93. The zero-order valence-electron chi connectivity index (χ0n) is 23.3. The molecule has 6 nitrogen and oxygen atoms in total. The van der Waals surface area contributed by atoms with Crippen LogP contribution in [0.2, 0.25) is 0 Å². The summed E-state index contributed by atoms with van der Waals surface area (Å²) in [6.07, 6.45) is 5.84. The number of hydrogen-bond acceptors (Lipinski definition) is 5. The van der Waals surface area contributed by atoms with Gasteiger partial charge in [0, 0.05) is 36.1 Å². The maximum atomic E-state index is 14.8. The Kier molecular flexibility index (Phi) is 6.19. The van der Waals surface area contributed by atoms with Crippen LogP contribution in [0.3, 0.4) is 0 Å². The molecule has 0 aliphatic heterocycles. The average Bonchev–Trinajstić information content (AvgIpc) is 3.60. The molecule has 0 saturated heterocycles. The second-order valence-electron chi connectivity index (χ2n) is 13.5. The number of hydrogen-bond donors (Lipinski definition) is 1. The van der Waals surface area contributed by atoms with Gasteiger partial charge in [-0.25, -0.2) is 4.39 Å². The summed E-state index contributed by atoms with van der Waals surface area (Å²) < 4.78 is 47.3. The Balaban J connectivity index is 1.26. The van der Waals surface area contributed by atoms with Crippen molar-refractivity contribution in [1.82, 2.24) is 10.1 Å². The maximum Gasteiger partial charge on any atom is 0.322 e. The van der Waals surface area contributed by atoms with E-state index in [1.165, 1.54) is 0 Å². The van der Waals surface area contributed by atoms with Gasteiger partial charge in [-0.3, -0.25) is 4.79 Å². The van der Waals surface area contributed by atoms with Crippen LogP contribution in [-0.2, 0) is 16.1 Å². The van der Waals surface area contributed by atoms with E-state index < -0.39 is 23.1 Å². The summed E-state index contributed by atoms with van der Waals surface area (Å²) in [6.45, 7) is 4.50. The van der Waals surface area contributed by atoms with Crippen LogP contribution in [0, 0.1) is 29.1 Å². The molecule has 6 aliphatic rings. The van der Waals surface area contributed by atoms with Crippen molar-refractivity contribution >= 4 is 11.6 Å². The fourth-order valence-corrected chi connectivity index (χ4v) is 7.44. The molecule has 1 aromatic heterocycles. The van der Waals surface area contributed by atoms with Gasteiger partial charge < -0.3 is 14.5 Å². The van der Waals surface area contributed by atoms with Gasteiger partial charge in [0.25, 0.3) is 5.89 Å². The number of nitrogens with zero attached hydrogens (tertiary/aromatic N) is 3. The molecule has 0 unspecified atom stereocenters. The second kappa shape index (κ2) is 9.07. The van der Waals surface area contributed by atoms with Crippen LogP contribution in [0.25, 0.3) is 0 Å². The molecule has 2 aromatic rings. The Morgan fingerprint density at radius 1 is 1.12 bits per heavy atom. The van der Waals surface area contributed by atoms with Crippen molar-refractivity contribution in [3.05, 3.63) is 41.5 Å². The highest BCUT2D eigenvalue weighted by atomic mass is 19.3. The van der Waals surface area contributed by atoms with Crippen LogP contribution < -0.4 is 4.90 Å². The second-order valence-corrected chi connectivity index (χ2v) is 13.5. The largest absolute Gasteiger partial charge is 0.378 e. The van der Waals surface area contributed by atoms with Gasteiger partial charge in [-0.15, -0.1) is 0 Å². The molecule has 1 atom stereocenters. The number of fused-ring (bicyclic) bond motifs is 4. The van der Waals surface area contributed by atoms with Gasteiger partial charge in [-0.1, -0.05) is 23.1 Å². The third-order valence-corrected chi connectivity index (χ3v) is 9.84. The summed E-state index contributed by atoms with van der Waals surface area (Å²) in [5.41, 5.74) is -1.45. The molecule has 1 heterocycles. The van der Waals surface area contributed by atoms with Gasteiger partial charge in [0.05, 0.1) is 0 Å². The Labute approximate surface area is 232 Å². The van der Waals surface area contributed by atoms with E-state index in [9.17, 15) is 23.1 Å². The lowest BCUT2D eigenvalue weighted by Crippen LogP contribution is -2.52. The molecular formula is C31H36F3N3O3. The van der Waals surface area contributed by atoms with E-state index in [1.807, 2.05) is 29.2 Å². The number of anilines is 1. The first kappa shape index (κ1) is 27.3. The highest BCUT2D eigenvalue weighted by Crippen LogP contribution is 2.60. The molecule has 40 heavy (non-hydrogen) atoms. The number of aliphatic hydroxyl groups is 1. The van der Waals surface area contributed by atoms with Crippen molar-refractivity contribution in [3.8, 4) is 11.8 Å². The van der Waals surface area contributed by atoms with Gasteiger partial charge in [-0.05, 0) is 101 Å². The predicted octanol–water partition coefficient (Wildman–Crippen LogP) is 6.07. The smallest absolute Gasteiger partial charge is 0.322 e. The lowest BCUT2D eigenvalue weighted by molar-refractivity contribution is -0.123. The molecule has 0 spiro atoms. The number of carbonyl (C=O) groups is 1. The van der Waals surface area contributed by atoms with Crippen molar-refractivity contribution < 1.29 is 27.6 Å². The molecule has 9 heteroatoms. The monoisotopic (exact) mass is 555 g/mol. The first-order valence-electron chi connectivity index (χ1n) is 14.3. The van der Waals surface area contributed by atoms with E-state index in [0.717, 1.165) is 51.1 Å². The minimum atomic E-state index is -3.18. The number of benzene rings is 1. The van der Waals surface area contributed by atoms with Crippen LogP contribution in [0.5, 0.6) is 0 Å². The predicted molar refractivity (Wildman–Crippen MR) is 142 cm³/mol. The minimum absolute atomic E-state index is 0.0283. The van der Waals surface area contributed by atoms with E-state index in [4.69, 9.17) is 4.52 Å². The summed E-state index contributed by atoms with van der Waals surface area (Å²) >= 11 is 0. The van der Waals surface area contributed by atoms with Crippen LogP contribution in [0.4, 0.5) is 18.9 Å². The first-order valence-corrected chi connectivity index (χ1v) is 14.3. The molecule has 1 N–H and O–H groups in total. The molecule has 214 valence electrons. The molecule has 0 radical (unpaired) electrons. The Morgan fingerprint density at radius 2 is 1.80 bits per heavy atom. The minimum Gasteiger partial charge on any atom is -0.378 e. The molecule has 1 amide bonds. The molecule has 6 aliphatic carbocycles. The average molecular weight is 556 g/mol. The highest BCUT2D eigenvalue weighted by molar-refractivity contribution is 5.96. The lowest BCUT2D eigenvalue weighted by Gasteiger charge is -2.53. The topological polar surface area (TPSA) is 79.5 Å². The molecule has 8 rings (SSSR count). The number of alkyl halides is 3. The normalized spacial score (nSPS) is 32.8. The summed E-state index contributed by atoms with van der Waals surface area (Å²) in [6, 6.07) is 7.48. The summed E-state index contributed by atoms with van der Waals surface area (Å²) in [5.74, 6) is 2.11. The Morgan fingerprint density at radius 3 is 2.35 bits per heavy atom. The van der Waals surface area contributed by atoms with Gasteiger partial charge in [-0.2, -0.15) is 13.8 Å². The van der Waals surface area contributed by atoms with Gasteiger partial charge in [0.15, 0.2) is 5.82 Å². The maximum absolute atomic E-state index is 14.8. The SMILES string of the molecule is CC(C)(O)C#Cc1cccc(N(CC23CCC(c4noc(C(C)(F)F)n4)(CC2)CC3)C(=O)[C@@H]2CC3(F)CC2C3)c1. The molecule has 4 bridgehead atoms. The summed E-state index contributed by atoms with van der Waals surface area (Å²) in [5, 5.41) is 14.0. The number of amides is 1. The quantitative estimate of drug-likeness (QED) is 0.438. The molecule has 1 aromatic carbocycles. The van der Waals surface area contributed by atoms with Crippen molar-refractivity contribution in [2.24, 2.45) is 17.3 Å². The Bertz CT molecular complexity index is 1350. The number of rotatable bonds is 6. The van der Waals surface area contributed by atoms with Crippen molar-refractivity contribution in [1.29, 1.82) is 0 Å². The van der Waals surface area contributed by atoms with Gasteiger partial charge in [0.1, 0.15) is 11.3 Å². The zero-order chi connectivity index (χ0) is 28.6. The summed E-state index contributed by atoms with van der Waals surface area (Å²) in [7, 11) is 0. The zero-order valence-corrected chi connectivity index (χ0v) is 23.3. The van der Waals surface area contributed by atoms with Crippen LogP contribution in [0.15, 0.2) is 28.8 Å². The number of carbonyl (C=O) groups excluding carboxylic acids is 1. The van der Waals surface area contributed by atoms with Crippen molar-refractivity contribution in [3.63, 3.8) is 0 Å². The van der Waals surface area contributed by atoms with E-state index >= 15 is 0 Å². The van der Waals surface area contributed by atoms with Crippen LogP contribution in [0.1, 0.15) is 95.8 Å². The fraction of sp³-hybridized carbons (Fsp3) is 0.645. The Hall–Kier alpha value is -2.86. The van der Waals surface area contributed by atoms with Crippen LogP contribution >= 0.6 is 0 Å². The van der Waals surface area contributed by atoms with Gasteiger partial charge in [0.2, 0.25) is 5.91 Å². The van der Waals surface area contributed by atoms with Crippen LogP contribution in [-0.4, -0.2) is 39.0 Å².